The molecule has 0 saturated heterocycles. The van der Waals surface area contributed by atoms with Gasteiger partial charge in [-0.2, -0.15) is 0 Å². The molecule has 0 unspecified atom stereocenters. The monoisotopic (exact) mass is 277 g/mol. The summed E-state index contributed by atoms with van der Waals surface area (Å²) in [6.07, 6.45) is 1.75. The summed E-state index contributed by atoms with van der Waals surface area (Å²) in [5, 5.41) is 3.01. The second-order valence-electron chi connectivity index (χ2n) is 4.82. The van der Waals surface area contributed by atoms with Crippen LogP contribution in [0.15, 0.2) is 57.9 Å². The zero-order valence-corrected chi connectivity index (χ0v) is 11.3. The van der Waals surface area contributed by atoms with Crippen molar-refractivity contribution in [2.24, 2.45) is 0 Å². The molecule has 0 N–H and O–H groups in total. The fourth-order valence-corrected chi connectivity index (χ4v) is 2.62. The summed E-state index contributed by atoms with van der Waals surface area (Å²) in [6.45, 7) is 0. The van der Waals surface area contributed by atoms with Crippen LogP contribution in [-0.2, 0) is 0 Å². The van der Waals surface area contributed by atoms with E-state index in [1.165, 1.54) is 0 Å². The molecule has 102 valence electrons. The summed E-state index contributed by atoms with van der Waals surface area (Å²) >= 11 is 0. The second-order valence-corrected chi connectivity index (χ2v) is 4.82. The summed E-state index contributed by atoms with van der Waals surface area (Å²) < 4.78 is 10.8. The molecule has 4 aromatic rings. The lowest BCUT2D eigenvalue weighted by molar-refractivity contribution is 0.415. The lowest BCUT2D eigenvalue weighted by Crippen LogP contribution is -2.00. The Morgan fingerprint density at radius 1 is 1.00 bits per heavy atom. The van der Waals surface area contributed by atoms with E-state index in [0.29, 0.717) is 16.7 Å². The molecular weight excluding hydrogens is 266 g/mol. The number of benzene rings is 2. The van der Waals surface area contributed by atoms with Crippen molar-refractivity contribution in [1.82, 2.24) is 4.98 Å². The van der Waals surface area contributed by atoms with Gasteiger partial charge in [0.2, 0.25) is 0 Å². The number of pyridine rings is 1. The SMILES string of the molecule is COc1ccc2ncc3c4ccccc4c(=O)oc3c2c1. The number of hydrogen-bond donors (Lipinski definition) is 0. The van der Waals surface area contributed by atoms with E-state index >= 15 is 0 Å². The van der Waals surface area contributed by atoms with Gasteiger partial charge in [0, 0.05) is 22.4 Å². The van der Waals surface area contributed by atoms with Crippen molar-refractivity contribution in [2.45, 2.75) is 0 Å². The van der Waals surface area contributed by atoms with Crippen molar-refractivity contribution in [3.63, 3.8) is 0 Å². The molecule has 0 aliphatic rings. The molecule has 0 aliphatic heterocycles. The van der Waals surface area contributed by atoms with Crippen LogP contribution < -0.4 is 10.4 Å². The van der Waals surface area contributed by atoms with E-state index in [2.05, 4.69) is 4.98 Å². The first-order valence-corrected chi connectivity index (χ1v) is 6.56. The van der Waals surface area contributed by atoms with E-state index in [0.717, 1.165) is 21.7 Å². The van der Waals surface area contributed by atoms with Crippen LogP contribution in [0.25, 0.3) is 32.6 Å². The van der Waals surface area contributed by atoms with Gasteiger partial charge in [-0.15, -0.1) is 0 Å². The Morgan fingerprint density at radius 2 is 1.81 bits per heavy atom. The minimum atomic E-state index is -0.339. The molecule has 4 rings (SSSR count). The number of fused-ring (bicyclic) bond motifs is 5. The lowest BCUT2D eigenvalue weighted by Gasteiger charge is -2.06. The van der Waals surface area contributed by atoms with Crippen LogP contribution in [0.4, 0.5) is 0 Å². The van der Waals surface area contributed by atoms with Crippen LogP contribution in [0.3, 0.4) is 0 Å². The third-order valence-electron chi connectivity index (χ3n) is 3.66. The molecule has 0 aliphatic carbocycles. The molecule has 2 aromatic heterocycles. The quantitative estimate of drug-likeness (QED) is 0.500. The zero-order valence-electron chi connectivity index (χ0n) is 11.3. The molecule has 4 nitrogen and oxygen atoms in total. The molecule has 0 radical (unpaired) electrons. The lowest BCUT2D eigenvalue weighted by atomic mass is 10.1. The average molecular weight is 277 g/mol. The van der Waals surface area contributed by atoms with Crippen LogP contribution >= 0.6 is 0 Å². The maximum Gasteiger partial charge on any atom is 0.344 e. The number of rotatable bonds is 1. The molecule has 0 saturated carbocycles. The van der Waals surface area contributed by atoms with E-state index in [-0.39, 0.29) is 5.63 Å². The van der Waals surface area contributed by atoms with E-state index in [4.69, 9.17) is 9.15 Å². The number of aromatic nitrogens is 1. The Morgan fingerprint density at radius 3 is 2.62 bits per heavy atom. The highest BCUT2D eigenvalue weighted by Crippen LogP contribution is 2.29. The van der Waals surface area contributed by atoms with Gasteiger partial charge in [0.15, 0.2) is 0 Å². The van der Waals surface area contributed by atoms with Gasteiger partial charge in [-0.3, -0.25) is 4.98 Å². The zero-order chi connectivity index (χ0) is 14.4. The van der Waals surface area contributed by atoms with Crippen molar-refractivity contribution >= 4 is 32.6 Å². The van der Waals surface area contributed by atoms with Gasteiger partial charge in [-0.1, -0.05) is 18.2 Å². The van der Waals surface area contributed by atoms with Crippen LogP contribution in [0.2, 0.25) is 0 Å². The summed E-state index contributed by atoms with van der Waals surface area (Å²) in [5.41, 5.74) is 0.970. The predicted octanol–water partition coefficient (Wildman–Crippen LogP) is 3.50. The Hall–Kier alpha value is -2.88. The molecule has 2 aromatic carbocycles. The fraction of sp³-hybridized carbons (Fsp3) is 0.0588. The maximum atomic E-state index is 12.2. The Labute approximate surface area is 119 Å². The van der Waals surface area contributed by atoms with Crippen LogP contribution in [0.1, 0.15) is 0 Å². The van der Waals surface area contributed by atoms with Crippen LogP contribution in [0, 0.1) is 0 Å². The highest BCUT2D eigenvalue weighted by Gasteiger charge is 2.11. The first kappa shape index (κ1) is 11.9. The van der Waals surface area contributed by atoms with E-state index in [1.807, 2.05) is 36.4 Å². The summed E-state index contributed by atoms with van der Waals surface area (Å²) in [5.74, 6) is 0.701. The van der Waals surface area contributed by atoms with Gasteiger partial charge in [-0.05, 0) is 24.3 Å². The summed E-state index contributed by atoms with van der Waals surface area (Å²) in [7, 11) is 1.60. The third-order valence-corrected chi connectivity index (χ3v) is 3.66. The van der Waals surface area contributed by atoms with Gasteiger partial charge < -0.3 is 9.15 Å². The number of hydrogen-bond acceptors (Lipinski definition) is 4. The van der Waals surface area contributed by atoms with Crippen molar-refractivity contribution in [1.29, 1.82) is 0 Å². The van der Waals surface area contributed by atoms with E-state index in [1.54, 1.807) is 19.4 Å². The highest BCUT2D eigenvalue weighted by atomic mass is 16.5. The molecule has 0 spiro atoms. The third kappa shape index (κ3) is 1.69. The molecular formula is C17H11NO3. The molecule has 21 heavy (non-hydrogen) atoms. The largest absolute Gasteiger partial charge is 0.497 e. The normalized spacial score (nSPS) is 11.3. The topological polar surface area (TPSA) is 52.3 Å². The maximum absolute atomic E-state index is 12.2. The van der Waals surface area contributed by atoms with Crippen molar-refractivity contribution in [3.8, 4) is 5.75 Å². The van der Waals surface area contributed by atoms with Gasteiger partial charge in [0.05, 0.1) is 18.0 Å². The van der Waals surface area contributed by atoms with Gasteiger partial charge in [-0.25, -0.2) is 4.79 Å². The molecule has 2 heterocycles. The van der Waals surface area contributed by atoms with Crippen molar-refractivity contribution in [2.75, 3.05) is 7.11 Å². The smallest absolute Gasteiger partial charge is 0.344 e. The molecule has 0 fully saturated rings. The van der Waals surface area contributed by atoms with Crippen molar-refractivity contribution < 1.29 is 9.15 Å². The molecule has 0 amide bonds. The second kappa shape index (κ2) is 4.31. The molecule has 0 bridgehead atoms. The first-order valence-electron chi connectivity index (χ1n) is 6.56. The first-order chi connectivity index (χ1) is 10.3. The van der Waals surface area contributed by atoms with E-state index in [9.17, 15) is 4.79 Å². The Kier molecular flexibility index (Phi) is 2.44. The Bertz CT molecular complexity index is 1050. The number of nitrogens with zero attached hydrogens (tertiary/aromatic N) is 1. The number of ether oxygens (including phenoxy) is 1. The predicted molar refractivity (Wildman–Crippen MR) is 81.8 cm³/mol. The fourth-order valence-electron chi connectivity index (χ4n) is 2.62. The van der Waals surface area contributed by atoms with Gasteiger partial charge in [0.1, 0.15) is 11.3 Å². The molecule has 4 heteroatoms. The minimum Gasteiger partial charge on any atom is -0.497 e. The Balaban J connectivity index is 2.28. The van der Waals surface area contributed by atoms with Gasteiger partial charge in [0.25, 0.3) is 0 Å². The van der Waals surface area contributed by atoms with E-state index < -0.39 is 0 Å². The van der Waals surface area contributed by atoms with Gasteiger partial charge >= 0.3 is 5.63 Å². The van der Waals surface area contributed by atoms with Crippen LogP contribution in [-0.4, -0.2) is 12.1 Å². The summed E-state index contributed by atoms with van der Waals surface area (Å²) in [6, 6.07) is 12.9. The summed E-state index contributed by atoms with van der Waals surface area (Å²) in [4.78, 5) is 16.6. The number of methoxy groups -OCH3 is 1. The van der Waals surface area contributed by atoms with Crippen molar-refractivity contribution in [3.05, 3.63) is 59.1 Å². The minimum absolute atomic E-state index is 0.339. The molecule has 0 atom stereocenters. The van der Waals surface area contributed by atoms with Crippen LogP contribution in [0.5, 0.6) is 5.75 Å². The average Bonchev–Trinajstić information content (AvgIpc) is 2.54. The standard InChI is InChI=1S/C17H11NO3/c1-20-10-6-7-15-13(8-10)16-14(9-18-15)11-4-2-3-5-12(11)17(19)21-16/h2-9H,1H3. The highest BCUT2D eigenvalue weighted by molar-refractivity contribution is 6.12.